The maximum absolute atomic E-state index is 9.91. The van der Waals surface area contributed by atoms with Crippen molar-refractivity contribution in [2.24, 2.45) is 5.41 Å². The van der Waals surface area contributed by atoms with Gasteiger partial charge in [-0.1, -0.05) is 32.4 Å². The molecule has 0 saturated carbocycles. The van der Waals surface area contributed by atoms with Gasteiger partial charge in [0.15, 0.2) is 0 Å². The number of hydrogen-bond acceptors (Lipinski definition) is 2. The SMILES string of the molecule is CCCn1ccnc1CC1=CC(O)CC(C)(C)C1. The second kappa shape index (κ2) is 5.27. The predicted octanol–water partition coefficient (Wildman–Crippen LogP) is 2.94. The zero-order valence-electron chi connectivity index (χ0n) is 11.7. The second-order valence-electron chi connectivity index (χ2n) is 6.15. The van der Waals surface area contributed by atoms with Gasteiger partial charge in [0, 0.05) is 25.4 Å². The Morgan fingerprint density at radius 1 is 1.50 bits per heavy atom. The van der Waals surface area contributed by atoms with Crippen molar-refractivity contribution in [2.45, 2.75) is 59.1 Å². The van der Waals surface area contributed by atoms with E-state index >= 15 is 0 Å². The molecular weight excluding hydrogens is 224 g/mol. The predicted molar refractivity (Wildman–Crippen MR) is 73.3 cm³/mol. The van der Waals surface area contributed by atoms with Gasteiger partial charge in [-0.3, -0.25) is 0 Å². The fraction of sp³-hybridized carbons (Fsp3) is 0.667. The van der Waals surface area contributed by atoms with Gasteiger partial charge in [-0.15, -0.1) is 0 Å². The van der Waals surface area contributed by atoms with Gasteiger partial charge in [-0.2, -0.15) is 0 Å². The van der Waals surface area contributed by atoms with Crippen molar-refractivity contribution in [3.63, 3.8) is 0 Å². The van der Waals surface area contributed by atoms with Crippen LogP contribution in [0.4, 0.5) is 0 Å². The van der Waals surface area contributed by atoms with Gasteiger partial charge in [0.1, 0.15) is 5.82 Å². The highest BCUT2D eigenvalue weighted by molar-refractivity contribution is 5.17. The van der Waals surface area contributed by atoms with Gasteiger partial charge in [0.25, 0.3) is 0 Å². The van der Waals surface area contributed by atoms with Crippen LogP contribution < -0.4 is 0 Å². The summed E-state index contributed by atoms with van der Waals surface area (Å²) in [6.45, 7) is 7.65. The Hall–Kier alpha value is -1.09. The fourth-order valence-corrected chi connectivity index (χ4v) is 2.92. The average molecular weight is 248 g/mol. The summed E-state index contributed by atoms with van der Waals surface area (Å²) in [4.78, 5) is 4.44. The minimum atomic E-state index is -0.293. The number of aliphatic hydroxyl groups is 1. The number of nitrogens with zero attached hydrogens (tertiary/aromatic N) is 2. The Labute approximate surface area is 110 Å². The molecular formula is C15H24N2O. The molecule has 0 saturated heterocycles. The summed E-state index contributed by atoms with van der Waals surface area (Å²) >= 11 is 0. The van der Waals surface area contributed by atoms with E-state index in [0.29, 0.717) is 0 Å². The van der Waals surface area contributed by atoms with Gasteiger partial charge in [-0.05, 0) is 24.7 Å². The number of aryl methyl sites for hydroxylation is 1. The summed E-state index contributed by atoms with van der Waals surface area (Å²) in [6, 6.07) is 0. The van der Waals surface area contributed by atoms with E-state index < -0.39 is 0 Å². The van der Waals surface area contributed by atoms with Gasteiger partial charge >= 0.3 is 0 Å². The molecule has 0 aromatic carbocycles. The molecule has 0 spiro atoms. The molecule has 3 heteroatoms. The number of aliphatic hydroxyl groups excluding tert-OH is 1. The van der Waals surface area contributed by atoms with E-state index in [1.165, 1.54) is 5.57 Å². The lowest BCUT2D eigenvalue weighted by Crippen LogP contribution is -2.25. The topological polar surface area (TPSA) is 38.0 Å². The van der Waals surface area contributed by atoms with E-state index in [1.54, 1.807) is 0 Å². The van der Waals surface area contributed by atoms with Crippen LogP contribution in [0.2, 0.25) is 0 Å². The summed E-state index contributed by atoms with van der Waals surface area (Å²) in [7, 11) is 0. The third-order valence-electron chi connectivity index (χ3n) is 3.55. The van der Waals surface area contributed by atoms with E-state index in [0.717, 1.165) is 38.1 Å². The molecule has 3 nitrogen and oxygen atoms in total. The van der Waals surface area contributed by atoms with Crippen LogP contribution in [0.3, 0.4) is 0 Å². The first-order chi connectivity index (χ1) is 8.50. The van der Waals surface area contributed by atoms with Crippen LogP contribution in [-0.4, -0.2) is 20.8 Å². The molecule has 0 amide bonds. The monoisotopic (exact) mass is 248 g/mol. The Kier molecular flexibility index (Phi) is 3.91. The highest BCUT2D eigenvalue weighted by Crippen LogP contribution is 2.36. The minimum Gasteiger partial charge on any atom is -0.389 e. The summed E-state index contributed by atoms with van der Waals surface area (Å²) in [5.74, 6) is 1.12. The first-order valence-electron chi connectivity index (χ1n) is 6.88. The lowest BCUT2D eigenvalue weighted by molar-refractivity contribution is 0.138. The van der Waals surface area contributed by atoms with Crippen LogP contribution in [0, 0.1) is 5.41 Å². The largest absolute Gasteiger partial charge is 0.389 e. The third kappa shape index (κ3) is 3.22. The number of allylic oxidation sites excluding steroid dienone is 1. The van der Waals surface area contributed by atoms with Crippen LogP contribution in [-0.2, 0) is 13.0 Å². The quantitative estimate of drug-likeness (QED) is 0.832. The zero-order valence-corrected chi connectivity index (χ0v) is 11.7. The van der Waals surface area contributed by atoms with E-state index in [4.69, 9.17) is 0 Å². The molecule has 0 aliphatic heterocycles. The molecule has 1 aliphatic rings. The second-order valence-corrected chi connectivity index (χ2v) is 6.15. The maximum atomic E-state index is 9.91. The lowest BCUT2D eigenvalue weighted by atomic mass is 9.75. The first kappa shape index (κ1) is 13.3. The molecule has 1 aromatic rings. The van der Waals surface area contributed by atoms with Crippen LogP contribution in [0.15, 0.2) is 24.0 Å². The van der Waals surface area contributed by atoms with Crippen LogP contribution in [0.1, 0.15) is 45.9 Å². The van der Waals surface area contributed by atoms with Crippen molar-refractivity contribution in [1.29, 1.82) is 0 Å². The average Bonchev–Trinajstić information content (AvgIpc) is 2.63. The van der Waals surface area contributed by atoms with E-state index in [-0.39, 0.29) is 11.5 Å². The van der Waals surface area contributed by atoms with Crippen LogP contribution >= 0.6 is 0 Å². The summed E-state index contributed by atoms with van der Waals surface area (Å²) in [6.07, 6.45) is 9.56. The Morgan fingerprint density at radius 2 is 2.28 bits per heavy atom. The maximum Gasteiger partial charge on any atom is 0.112 e. The Balaban J connectivity index is 2.11. The summed E-state index contributed by atoms with van der Waals surface area (Å²) in [5, 5.41) is 9.91. The standard InChI is InChI=1S/C15H24N2O/c1-4-6-17-7-5-16-14(17)9-12-8-13(18)11-15(2,3)10-12/h5,7-8,13,18H,4,6,9-11H2,1-3H3. The molecule has 18 heavy (non-hydrogen) atoms. The molecule has 2 rings (SSSR count). The zero-order chi connectivity index (χ0) is 13.2. The van der Waals surface area contributed by atoms with Gasteiger partial charge in [0.2, 0.25) is 0 Å². The minimum absolute atomic E-state index is 0.200. The van der Waals surface area contributed by atoms with E-state index in [9.17, 15) is 5.11 Å². The van der Waals surface area contributed by atoms with E-state index in [2.05, 4.69) is 30.3 Å². The van der Waals surface area contributed by atoms with Crippen molar-refractivity contribution in [1.82, 2.24) is 9.55 Å². The third-order valence-corrected chi connectivity index (χ3v) is 3.55. The Morgan fingerprint density at radius 3 is 2.94 bits per heavy atom. The number of rotatable bonds is 4. The van der Waals surface area contributed by atoms with Crippen LogP contribution in [0.25, 0.3) is 0 Å². The molecule has 0 radical (unpaired) electrons. The Bertz CT molecular complexity index is 431. The summed E-state index contributed by atoms with van der Waals surface area (Å²) in [5.41, 5.74) is 1.52. The van der Waals surface area contributed by atoms with Crippen molar-refractivity contribution in [2.75, 3.05) is 0 Å². The smallest absolute Gasteiger partial charge is 0.112 e. The molecule has 1 aliphatic carbocycles. The van der Waals surface area contributed by atoms with Gasteiger partial charge < -0.3 is 9.67 Å². The molecule has 100 valence electrons. The van der Waals surface area contributed by atoms with Gasteiger partial charge in [-0.25, -0.2) is 4.98 Å². The molecule has 1 atom stereocenters. The van der Waals surface area contributed by atoms with Crippen molar-refractivity contribution >= 4 is 0 Å². The van der Waals surface area contributed by atoms with E-state index in [1.807, 2.05) is 18.5 Å². The highest BCUT2D eigenvalue weighted by Gasteiger charge is 2.27. The number of imidazole rings is 1. The first-order valence-corrected chi connectivity index (χ1v) is 6.88. The number of aromatic nitrogens is 2. The molecule has 1 N–H and O–H groups in total. The fourth-order valence-electron chi connectivity index (χ4n) is 2.92. The van der Waals surface area contributed by atoms with Crippen molar-refractivity contribution in [3.05, 3.63) is 29.9 Å². The van der Waals surface area contributed by atoms with Crippen LogP contribution in [0.5, 0.6) is 0 Å². The normalized spacial score (nSPS) is 22.9. The molecule has 1 heterocycles. The van der Waals surface area contributed by atoms with Crippen molar-refractivity contribution in [3.8, 4) is 0 Å². The molecule has 0 bridgehead atoms. The molecule has 1 unspecified atom stereocenters. The molecule has 0 fully saturated rings. The number of hydrogen-bond donors (Lipinski definition) is 1. The van der Waals surface area contributed by atoms with Crippen molar-refractivity contribution < 1.29 is 5.11 Å². The summed E-state index contributed by atoms with van der Waals surface area (Å²) < 4.78 is 2.22. The lowest BCUT2D eigenvalue weighted by Gasteiger charge is -2.32. The molecule has 1 aromatic heterocycles. The van der Waals surface area contributed by atoms with Gasteiger partial charge in [0.05, 0.1) is 6.10 Å². The highest BCUT2D eigenvalue weighted by atomic mass is 16.3.